The normalized spacial score (nSPS) is 15.2. The molecule has 0 fully saturated rings. The molecule has 0 bridgehead atoms. The summed E-state index contributed by atoms with van der Waals surface area (Å²) in [6, 6.07) is -1.40. The smallest absolute Gasteiger partial charge is 0.242 e. The molecule has 0 aliphatic carbocycles. The number of ether oxygens (including phenoxy) is 8. The van der Waals surface area contributed by atoms with Crippen molar-refractivity contribution < 1.29 is 118 Å². The van der Waals surface area contributed by atoms with E-state index in [2.05, 4.69) is 31.9 Å². The fourth-order valence-electron chi connectivity index (χ4n) is 5.39. The zero-order valence-electron chi connectivity index (χ0n) is 40.8. The standard InChI is InChI=1S/C42H80N6O24/c1-28(51)44-24-37(59)46-25-36(58)43-5-7-66-9-11-68-13-15-70-17-19-72-21-20-71-18-16-69-14-12-67-10-8-65-6-4-35(57)48-29(42(64)47-23-31(53)39(61)41(63)33(55)27-50)2-3-34(56)45-22-30(52)38(60)40(62)32(54)26-49/h29-33,38-41,49-50,52-55,60-63H,2-27H2,1H3,(H,43,58)(H,44,51)(H,45,56)(H,46,59)(H,47,64)(H,48,57)/t29-,30-,31-,32+,33+,38+,39+,40+,41+/m0/s1. The maximum absolute atomic E-state index is 13.0. The topological polar surface area (TPSA) is 451 Å². The van der Waals surface area contributed by atoms with E-state index in [0.717, 1.165) is 0 Å². The van der Waals surface area contributed by atoms with Gasteiger partial charge < -0.3 is 121 Å². The molecule has 0 aliphatic rings. The van der Waals surface area contributed by atoms with Crippen molar-refractivity contribution in [2.24, 2.45) is 0 Å². The van der Waals surface area contributed by atoms with Crippen LogP contribution in [-0.2, 0) is 66.7 Å². The Morgan fingerprint density at radius 2 is 0.750 bits per heavy atom. The van der Waals surface area contributed by atoms with E-state index in [9.17, 15) is 69.6 Å². The first-order valence-corrected chi connectivity index (χ1v) is 23.3. The van der Waals surface area contributed by atoms with Crippen molar-refractivity contribution in [3.63, 3.8) is 0 Å². The van der Waals surface area contributed by atoms with Crippen molar-refractivity contribution >= 4 is 35.4 Å². The van der Waals surface area contributed by atoms with E-state index in [0.29, 0.717) is 66.1 Å². The van der Waals surface area contributed by atoms with Gasteiger partial charge in [0.25, 0.3) is 0 Å². The number of nitrogens with one attached hydrogen (secondary N) is 6. The maximum atomic E-state index is 13.0. The molecule has 16 N–H and O–H groups in total. The second-order valence-corrected chi connectivity index (χ2v) is 15.5. The Hall–Kier alpha value is -3.90. The monoisotopic (exact) mass is 1050 g/mol. The van der Waals surface area contributed by atoms with E-state index in [1.165, 1.54) is 6.92 Å². The Bertz CT molecular complexity index is 1450. The maximum Gasteiger partial charge on any atom is 0.242 e. The highest BCUT2D eigenvalue weighted by Gasteiger charge is 2.32. The third-order valence-corrected chi connectivity index (χ3v) is 9.55. The third kappa shape index (κ3) is 36.9. The predicted octanol–water partition coefficient (Wildman–Crippen LogP) is -9.75. The Balaban J connectivity index is 4.11. The van der Waals surface area contributed by atoms with Crippen molar-refractivity contribution in [3.05, 3.63) is 0 Å². The van der Waals surface area contributed by atoms with E-state index >= 15 is 0 Å². The lowest BCUT2D eigenvalue weighted by molar-refractivity contribution is -0.132. The van der Waals surface area contributed by atoms with Crippen molar-refractivity contribution in [2.45, 2.75) is 81.1 Å². The van der Waals surface area contributed by atoms with E-state index < -0.39 is 111 Å². The molecule has 0 aliphatic heterocycles. The summed E-state index contributed by atoms with van der Waals surface area (Å²) in [6.07, 6.45) is -15.9. The summed E-state index contributed by atoms with van der Waals surface area (Å²) < 4.78 is 43.4. The minimum absolute atomic E-state index is 0.0849. The SMILES string of the molecule is CC(=O)NCC(=O)NCC(=O)NCCOCCOCCOCCOCCOCCOCCOCCOCCC(=O)N[C@@H](CCC(=O)NC[C@H](O)[C@@H](O)[C@H](O)[C@H](O)CO)C(=O)NC[C@H](O)[C@@H](O)[C@H](O)[C@H](O)CO. The van der Waals surface area contributed by atoms with Gasteiger partial charge in [0.05, 0.1) is 144 Å². The fourth-order valence-corrected chi connectivity index (χ4v) is 5.39. The molecule has 0 unspecified atom stereocenters. The Kier molecular flexibility index (Phi) is 42.2. The molecule has 0 aromatic carbocycles. The molecule has 0 radical (unpaired) electrons. The fraction of sp³-hybridized carbons (Fsp3) is 0.857. The van der Waals surface area contributed by atoms with Gasteiger partial charge in [-0.25, -0.2) is 0 Å². The van der Waals surface area contributed by atoms with E-state index in [1.54, 1.807) is 0 Å². The first-order valence-electron chi connectivity index (χ1n) is 23.3. The summed E-state index contributed by atoms with van der Waals surface area (Å²) in [6.45, 7) is 2.57. The van der Waals surface area contributed by atoms with E-state index in [1.807, 2.05) is 0 Å². The van der Waals surface area contributed by atoms with Crippen LogP contribution in [0.2, 0.25) is 0 Å². The number of hydrogen-bond donors (Lipinski definition) is 16. The molecule has 0 aromatic heterocycles. The van der Waals surface area contributed by atoms with Gasteiger partial charge in [-0.15, -0.1) is 0 Å². The summed E-state index contributed by atoms with van der Waals surface area (Å²) in [5.41, 5.74) is 0. The van der Waals surface area contributed by atoms with Crippen LogP contribution in [0.5, 0.6) is 0 Å². The van der Waals surface area contributed by atoms with Crippen LogP contribution in [0.3, 0.4) is 0 Å². The average molecular weight is 1050 g/mol. The summed E-state index contributed by atoms with van der Waals surface area (Å²) in [7, 11) is 0. The molecule has 0 aromatic rings. The second kappa shape index (κ2) is 44.6. The van der Waals surface area contributed by atoms with Crippen LogP contribution < -0.4 is 31.9 Å². The highest BCUT2D eigenvalue weighted by molar-refractivity contribution is 5.89. The highest BCUT2D eigenvalue weighted by atomic mass is 16.6. The van der Waals surface area contributed by atoms with Crippen LogP contribution in [0.4, 0.5) is 0 Å². The van der Waals surface area contributed by atoms with Crippen molar-refractivity contribution in [1.29, 1.82) is 0 Å². The molecule has 30 heteroatoms. The Morgan fingerprint density at radius 3 is 1.17 bits per heavy atom. The van der Waals surface area contributed by atoms with Gasteiger partial charge in [0.1, 0.15) is 42.7 Å². The third-order valence-electron chi connectivity index (χ3n) is 9.55. The zero-order chi connectivity index (χ0) is 53.9. The molecule has 0 saturated heterocycles. The first-order chi connectivity index (χ1) is 34.4. The predicted molar refractivity (Wildman–Crippen MR) is 245 cm³/mol. The largest absolute Gasteiger partial charge is 0.394 e. The molecule has 72 heavy (non-hydrogen) atoms. The number of aliphatic hydroxyl groups is 10. The summed E-state index contributed by atoms with van der Waals surface area (Å²) in [4.78, 5) is 72.1. The molecule has 0 heterocycles. The van der Waals surface area contributed by atoms with Crippen LogP contribution in [0, 0.1) is 0 Å². The van der Waals surface area contributed by atoms with Gasteiger partial charge in [-0.05, 0) is 6.42 Å². The number of rotatable bonds is 48. The molecular weight excluding hydrogens is 972 g/mol. The lowest BCUT2D eigenvalue weighted by Crippen LogP contribution is -2.53. The Morgan fingerprint density at radius 1 is 0.389 bits per heavy atom. The molecule has 6 amide bonds. The van der Waals surface area contributed by atoms with Gasteiger partial charge in [-0.1, -0.05) is 0 Å². The van der Waals surface area contributed by atoms with Gasteiger partial charge >= 0.3 is 0 Å². The summed E-state index contributed by atoms with van der Waals surface area (Å²) >= 11 is 0. The number of hydrogen-bond acceptors (Lipinski definition) is 24. The minimum Gasteiger partial charge on any atom is -0.394 e. The Labute approximate surface area is 417 Å². The van der Waals surface area contributed by atoms with Gasteiger partial charge in [-0.2, -0.15) is 0 Å². The summed E-state index contributed by atoms with van der Waals surface area (Å²) in [5, 5.41) is 111. The summed E-state index contributed by atoms with van der Waals surface area (Å²) in [5.74, 6) is -3.56. The molecule has 9 atom stereocenters. The van der Waals surface area contributed by atoms with Crippen LogP contribution in [0.1, 0.15) is 26.2 Å². The molecule has 30 nitrogen and oxygen atoms in total. The molecule has 0 saturated carbocycles. The van der Waals surface area contributed by atoms with Gasteiger partial charge in [0.2, 0.25) is 35.4 Å². The lowest BCUT2D eigenvalue weighted by atomic mass is 10.0. The quantitative estimate of drug-likeness (QED) is 0.0252. The van der Waals surface area contributed by atoms with Crippen molar-refractivity contribution in [1.82, 2.24) is 31.9 Å². The number of aliphatic hydroxyl groups excluding tert-OH is 10. The highest BCUT2D eigenvalue weighted by Crippen LogP contribution is 2.07. The van der Waals surface area contributed by atoms with E-state index in [-0.39, 0.29) is 83.9 Å². The van der Waals surface area contributed by atoms with Crippen LogP contribution >= 0.6 is 0 Å². The minimum atomic E-state index is -1.99. The second-order valence-electron chi connectivity index (χ2n) is 15.5. The number of carbonyl (C=O) groups excluding carboxylic acids is 6. The lowest BCUT2D eigenvalue weighted by Gasteiger charge is -2.26. The van der Waals surface area contributed by atoms with E-state index in [4.69, 9.17) is 48.1 Å². The number of amides is 6. The van der Waals surface area contributed by atoms with Crippen molar-refractivity contribution in [2.75, 3.05) is 152 Å². The molecular formula is C42H80N6O24. The average Bonchev–Trinajstić information content (AvgIpc) is 3.37. The molecule has 0 rings (SSSR count). The van der Waals surface area contributed by atoms with Crippen molar-refractivity contribution in [3.8, 4) is 0 Å². The van der Waals surface area contributed by atoms with Gasteiger partial charge in [0, 0.05) is 39.4 Å². The molecule has 0 spiro atoms. The zero-order valence-corrected chi connectivity index (χ0v) is 40.8. The number of carbonyl (C=O) groups is 6. The van der Waals surface area contributed by atoms with Gasteiger partial charge in [0.15, 0.2) is 0 Å². The van der Waals surface area contributed by atoms with Crippen LogP contribution in [-0.4, -0.2) is 293 Å². The van der Waals surface area contributed by atoms with Crippen LogP contribution in [0.15, 0.2) is 0 Å². The van der Waals surface area contributed by atoms with Gasteiger partial charge in [-0.3, -0.25) is 28.8 Å². The molecule has 422 valence electrons. The first kappa shape index (κ1) is 68.1. The van der Waals surface area contributed by atoms with Crippen LogP contribution in [0.25, 0.3) is 0 Å².